The molecule has 0 fully saturated rings. The smallest absolute Gasteiger partial charge is 0.296 e. The number of nitrogens with one attached hydrogen (secondary N) is 1. The topological polar surface area (TPSA) is 99.2 Å². The first-order valence-electron chi connectivity index (χ1n) is 9.12. The van der Waals surface area contributed by atoms with Gasteiger partial charge in [0.05, 0.1) is 22.6 Å². The number of amides is 1. The van der Waals surface area contributed by atoms with Gasteiger partial charge < -0.3 is 10.1 Å². The molecule has 1 aliphatic rings. The van der Waals surface area contributed by atoms with Crippen molar-refractivity contribution in [3.63, 3.8) is 0 Å². The van der Waals surface area contributed by atoms with Crippen molar-refractivity contribution in [2.75, 3.05) is 4.90 Å². The van der Waals surface area contributed by atoms with Crippen LogP contribution in [-0.4, -0.2) is 31.7 Å². The number of para-hydroxylation sites is 2. The van der Waals surface area contributed by atoms with E-state index in [4.69, 9.17) is 0 Å². The molecule has 0 saturated heterocycles. The maximum absolute atomic E-state index is 13.0. The van der Waals surface area contributed by atoms with E-state index in [1.54, 1.807) is 24.5 Å². The third kappa shape index (κ3) is 2.94. The van der Waals surface area contributed by atoms with Crippen LogP contribution in [0.25, 0.3) is 11.0 Å². The largest absolute Gasteiger partial charge is 0.503 e. The van der Waals surface area contributed by atoms with Crippen molar-refractivity contribution >= 4 is 28.7 Å². The van der Waals surface area contributed by atoms with Gasteiger partial charge in [0.2, 0.25) is 5.95 Å². The van der Waals surface area contributed by atoms with Crippen LogP contribution in [0.2, 0.25) is 0 Å². The van der Waals surface area contributed by atoms with Crippen molar-refractivity contribution in [3.8, 4) is 0 Å². The highest BCUT2D eigenvalue weighted by Crippen LogP contribution is 2.40. The Kier molecular flexibility index (Phi) is 4.43. The van der Waals surface area contributed by atoms with Gasteiger partial charge in [0.1, 0.15) is 0 Å². The van der Waals surface area contributed by atoms with Gasteiger partial charge in [-0.2, -0.15) is 0 Å². The summed E-state index contributed by atoms with van der Waals surface area (Å²) in [5.41, 5.74) is 2.17. The molecule has 2 aromatic heterocycles. The zero-order valence-electron chi connectivity index (χ0n) is 15.6. The summed E-state index contributed by atoms with van der Waals surface area (Å²) in [7, 11) is 0. The summed E-state index contributed by atoms with van der Waals surface area (Å²) in [6.07, 6.45) is 3.44. The van der Waals surface area contributed by atoms with Crippen molar-refractivity contribution in [2.24, 2.45) is 5.92 Å². The highest BCUT2D eigenvalue weighted by atomic mass is 16.3. The average Bonchev–Trinajstić information content (AvgIpc) is 3.21. The number of hydrogen-bond donors (Lipinski definition) is 2. The first kappa shape index (κ1) is 17.9. The Balaban J connectivity index is 1.86. The third-order valence-corrected chi connectivity index (χ3v) is 4.71. The second-order valence-electron chi connectivity index (χ2n) is 7.23. The van der Waals surface area contributed by atoms with Crippen LogP contribution in [0, 0.1) is 5.92 Å². The Labute approximate surface area is 161 Å². The van der Waals surface area contributed by atoms with Gasteiger partial charge in [-0.05, 0) is 29.7 Å². The SMILES string of the molecule is CC(C)CC(=O)C1=C(O)C(=O)N(c2nc3ccccc3[nH]2)C1c1cccnc1. The molecule has 0 bridgehead atoms. The van der Waals surface area contributed by atoms with E-state index in [0.29, 0.717) is 11.1 Å². The van der Waals surface area contributed by atoms with E-state index < -0.39 is 17.7 Å². The van der Waals surface area contributed by atoms with Crippen LogP contribution in [0.15, 0.2) is 60.1 Å². The molecular weight excluding hydrogens is 356 g/mol. The molecule has 1 aliphatic heterocycles. The van der Waals surface area contributed by atoms with Gasteiger partial charge >= 0.3 is 0 Å². The number of aromatic nitrogens is 3. The third-order valence-electron chi connectivity index (χ3n) is 4.71. The van der Waals surface area contributed by atoms with E-state index in [9.17, 15) is 14.7 Å². The highest BCUT2D eigenvalue weighted by molar-refractivity contribution is 6.16. The lowest BCUT2D eigenvalue weighted by Crippen LogP contribution is -2.32. The van der Waals surface area contributed by atoms with E-state index in [1.807, 2.05) is 38.1 Å². The number of anilines is 1. The van der Waals surface area contributed by atoms with Gasteiger partial charge in [0.15, 0.2) is 11.5 Å². The molecule has 0 aliphatic carbocycles. The number of ketones is 1. The Bertz CT molecular complexity index is 1050. The van der Waals surface area contributed by atoms with E-state index in [1.165, 1.54) is 4.90 Å². The summed E-state index contributed by atoms with van der Waals surface area (Å²) in [6, 6.07) is 10.1. The second-order valence-corrected chi connectivity index (χ2v) is 7.23. The maximum Gasteiger partial charge on any atom is 0.296 e. The minimum absolute atomic E-state index is 0.0900. The number of imidazole rings is 1. The summed E-state index contributed by atoms with van der Waals surface area (Å²) >= 11 is 0. The highest BCUT2D eigenvalue weighted by Gasteiger charge is 2.45. The van der Waals surface area contributed by atoms with Crippen LogP contribution in [0.5, 0.6) is 0 Å². The van der Waals surface area contributed by atoms with Crippen molar-refractivity contribution < 1.29 is 14.7 Å². The summed E-state index contributed by atoms with van der Waals surface area (Å²) in [5.74, 6) is -1.06. The number of aliphatic hydroxyl groups excluding tert-OH is 1. The molecule has 2 N–H and O–H groups in total. The van der Waals surface area contributed by atoms with Crippen molar-refractivity contribution in [2.45, 2.75) is 26.3 Å². The van der Waals surface area contributed by atoms with Gasteiger partial charge in [-0.1, -0.05) is 32.0 Å². The number of aromatic amines is 1. The Morgan fingerprint density at radius 3 is 2.71 bits per heavy atom. The van der Waals surface area contributed by atoms with Crippen LogP contribution in [0.1, 0.15) is 31.9 Å². The second kappa shape index (κ2) is 6.92. The summed E-state index contributed by atoms with van der Waals surface area (Å²) in [5, 5.41) is 10.6. The normalized spacial score (nSPS) is 17.2. The molecule has 1 unspecified atom stereocenters. The zero-order chi connectivity index (χ0) is 19.8. The zero-order valence-corrected chi connectivity index (χ0v) is 15.6. The van der Waals surface area contributed by atoms with Gasteiger partial charge in [-0.25, -0.2) is 4.98 Å². The number of carbonyl (C=O) groups is 2. The molecule has 4 rings (SSSR count). The molecule has 1 atom stereocenters. The van der Waals surface area contributed by atoms with Gasteiger partial charge in [-0.15, -0.1) is 0 Å². The fraction of sp³-hybridized carbons (Fsp3) is 0.238. The predicted molar refractivity (Wildman–Crippen MR) is 105 cm³/mol. The van der Waals surface area contributed by atoms with Crippen LogP contribution in [0.4, 0.5) is 5.95 Å². The number of Topliss-reactive ketones (excluding diaryl/α,β-unsaturated/α-hetero) is 1. The molecular formula is C21H20N4O3. The molecule has 3 aromatic rings. The number of fused-ring (bicyclic) bond motifs is 1. The Morgan fingerprint density at radius 2 is 2.04 bits per heavy atom. The van der Waals surface area contributed by atoms with E-state index >= 15 is 0 Å². The number of nitrogens with zero attached hydrogens (tertiary/aromatic N) is 3. The molecule has 3 heterocycles. The number of carbonyl (C=O) groups excluding carboxylic acids is 2. The Hall–Kier alpha value is -3.48. The summed E-state index contributed by atoms with van der Waals surface area (Å²) in [6.45, 7) is 3.84. The van der Waals surface area contributed by atoms with Gasteiger partial charge in [-0.3, -0.25) is 19.5 Å². The minimum Gasteiger partial charge on any atom is -0.503 e. The molecule has 1 aromatic carbocycles. The van der Waals surface area contributed by atoms with E-state index in [0.717, 1.165) is 5.52 Å². The molecule has 0 saturated carbocycles. The molecule has 28 heavy (non-hydrogen) atoms. The lowest BCUT2D eigenvalue weighted by Gasteiger charge is -2.24. The number of benzene rings is 1. The molecule has 0 radical (unpaired) electrons. The lowest BCUT2D eigenvalue weighted by atomic mass is 9.93. The minimum atomic E-state index is -0.784. The van der Waals surface area contributed by atoms with Gasteiger partial charge in [0, 0.05) is 18.8 Å². The predicted octanol–water partition coefficient (Wildman–Crippen LogP) is 3.47. The molecule has 0 spiro atoms. The number of pyridine rings is 1. The molecule has 7 nitrogen and oxygen atoms in total. The first-order valence-corrected chi connectivity index (χ1v) is 9.12. The van der Waals surface area contributed by atoms with Crippen LogP contribution in [0.3, 0.4) is 0 Å². The van der Waals surface area contributed by atoms with Crippen LogP contribution in [-0.2, 0) is 9.59 Å². The number of rotatable bonds is 5. The van der Waals surface area contributed by atoms with Gasteiger partial charge in [0.25, 0.3) is 5.91 Å². The van der Waals surface area contributed by atoms with Crippen molar-refractivity contribution in [1.82, 2.24) is 15.0 Å². The van der Waals surface area contributed by atoms with Crippen LogP contribution >= 0.6 is 0 Å². The fourth-order valence-corrected chi connectivity index (χ4v) is 3.50. The van der Waals surface area contributed by atoms with Crippen molar-refractivity contribution in [1.29, 1.82) is 0 Å². The fourth-order valence-electron chi connectivity index (χ4n) is 3.50. The Morgan fingerprint density at radius 1 is 1.25 bits per heavy atom. The first-order chi connectivity index (χ1) is 13.5. The lowest BCUT2D eigenvalue weighted by molar-refractivity contribution is -0.118. The van der Waals surface area contributed by atoms with Crippen LogP contribution < -0.4 is 4.90 Å². The monoisotopic (exact) mass is 376 g/mol. The average molecular weight is 376 g/mol. The quantitative estimate of drug-likeness (QED) is 0.710. The number of hydrogen-bond acceptors (Lipinski definition) is 5. The summed E-state index contributed by atoms with van der Waals surface area (Å²) in [4.78, 5) is 38.9. The molecule has 1 amide bonds. The maximum atomic E-state index is 13.0. The van der Waals surface area contributed by atoms with E-state index in [-0.39, 0.29) is 29.6 Å². The summed E-state index contributed by atoms with van der Waals surface area (Å²) < 4.78 is 0. The molecule has 7 heteroatoms. The number of aliphatic hydroxyl groups is 1. The molecule has 142 valence electrons. The number of H-pyrrole nitrogens is 1. The van der Waals surface area contributed by atoms with E-state index in [2.05, 4.69) is 15.0 Å². The van der Waals surface area contributed by atoms with Crippen molar-refractivity contribution in [3.05, 3.63) is 65.7 Å². The standard InChI is InChI=1S/C21H20N4O3/c1-12(2)10-16(26)17-18(13-6-5-9-22-11-13)25(20(28)19(17)27)21-23-14-7-3-4-8-15(14)24-21/h3-9,11-12,18,27H,10H2,1-2H3,(H,23,24).